The topological polar surface area (TPSA) is 57.6 Å². The summed E-state index contributed by atoms with van der Waals surface area (Å²) in [6.45, 7) is 8.56. The van der Waals surface area contributed by atoms with Crippen LogP contribution in [0.15, 0.2) is 33.8 Å². The van der Waals surface area contributed by atoms with Gasteiger partial charge >= 0.3 is 5.97 Å². The number of carboxylic acids is 1. The maximum absolute atomic E-state index is 12.4. The molecule has 0 unspecified atom stereocenters. The predicted molar refractivity (Wildman–Crippen MR) is 102 cm³/mol. The van der Waals surface area contributed by atoms with Gasteiger partial charge in [-0.2, -0.15) is 0 Å². The lowest BCUT2D eigenvalue weighted by atomic mass is 9.72. The largest absolute Gasteiger partial charge is 0.476 e. The number of amides is 1. The Labute approximate surface area is 152 Å². The smallest absolute Gasteiger partial charge is 0.364 e. The van der Waals surface area contributed by atoms with Crippen molar-refractivity contribution in [1.29, 1.82) is 0 Å². The molecule has 0 atom stereocenters. The molecule has 1 aliphatic carbocycles. The number of carboxylic acid groups (broad SMARTS) is 1. The second-order valence-corrected chi connectivity index (χ2v) is 8.24. The Morgan fingerprint density at radius 1 is 1.42 bits per heavy atom. The zero-order chi connectivity index (χ0) is 18.1. The van der Waals surface area contributed by atoms with Crippen LogP contribution in [0, 0.1) is 5.41 Å². The lowest BCUT2D eigenvalue weighted by molar-refractivity contribution is -0.131. The van der Waals surface area contributed by atoms with Crippen molar-refractivity contribution in [3.8, 4) is 0 Å². The summed E-state index contributed by atoms with van der Waals surface area (Å²) < 4.78 is 0. The Bertz CT molecular complexity index is 686. The van der Waals surface area contributed by atoms with Gasteiger partial charge in [-0.25, -0.2) is 4.79 Å². The molecule has 130 valence electrons. The SMILES string of the molecule is CC(C=CC1=C(C)CCCC1(C)C)=C1SCN(C(=S)C(=O)O)C1=O. The van der Waals surface area contributed by atoms with Gasteiger partial charge in [0.1, 0.15) is 0 Å². The van der Waals surface area contributed by atoms with E-state index >= 15 is 0 Å². The van der Waals surface area contributed by atoms with Crippen molar-refractivity contribution in [3.05, 3.63) is 33.8 Å². The molecule has 24 heavy (non-hydrogen) atoms. The van der Waals surface area contributed by atoms with E-state index in [-0.39, 0.29) is 22.2 Å². The van der Waals surface area contributed by atoms with Gasteiger partial charge in [0.15, 0.2) is 4.99 Å². The number of hydrogen-bond acceptors (Lipinski definition) is 4. The summed E-state index contributed by atoms with van der Waals surface area (Å²) in [5, 5.41) is 8.96. The molecule has 6 heteroatoms. The molecule has 2 aliphatic rings. The Balaban J connectivity index is 2.24. The number of carbonyl (C=O) groups excluding carboxylic acids is 1. The van der Waals surface area contributed by atoms with Crippen molar-refractivity contribution in [1.82, 2.24) is 4.90 Å². The highest BCUT2D eigenvalue weighted by Gasteiger charge is 2.33. The van der Waals surface area contributed by atoms with Crippen LogP contribution in [0.4, 0.5) is 0 Å². The van der Waals surface area contributed by atoms with Gasteiger partial charge in [0.25, 0.3) is 5.91 Å². The van der Waals surface area contributed by atoms with Crippen molar-refractivity contribution < 1.29 is 14.7 Å². The van der Waals surface area contributed by atoms with Gasteiger partial charge < -0.3 is 5.11 Å². The Hall–Kier alpha value is -1.40. The van der Waals surface area contributed by atoms with Crippen LogP contribution in [-0.4, -0.2) is 32.7 Å². The first-order valence-electron chi connectivity index (χ1n) is 7.96. The zero-order valence-corrected chi connectivity index (χ0v) is 16.1. The molecular weight excluding hydrogens is 342 g/mol. The molecule has 0 aromatic heterocycles. The molecule has 4 nitrogen and oxygen atoms in total. The first-order chi connectivity index (χ1) is 11.1. The molecule has 1 heterocycles. The Kier molecular flexibility index (Phi) is 5.71. The first-order valence-corrected chi connectivity index (χ1v) is 9.35. The van der Waals surface area contributed by atoms with E-state index in [0.29, 0.717) is 4.91 Å². The van der Waals surface area contributed by atoms with Crippen LogP contribution < -0.4 is 0 Å². The molecule has 0 spiro atoms. The third kappa shape index (κ3) is 3.81. The Morgan fingerprint density at radius 3 is 2.67 bits per heavy atom. The van der Waals surface area contributed by atoms with Crippen LogP contribution in [0.3, 0.4) is 0 Å². The number of nitrogens with zero attached hydrogens (tertiary/aromatic N) is 1. The van der Waals surface area contributed by atoms with Crippen molar-refractivity contribution in [3.63, 3.8) is 0 Å². The van der Waals surface area contributed by atoms with E-state index in [4.69, 9.17) is 17.3 Å². The number of allylic oxidation sites excluding steroid dienone is 5. The van der Waals surface area contributed by atoms with E-state index in [1.54, 1.807) is 0 Å². The fourth-order valence-electron chi connectivity index (χ4n) is 3.22. The second kappa shape index (κ2) is 7.23. The summed E-state index contributed by atoms with van der Waals surface area (Å²) in [7, 11) is 0. The zero-order valence-electron chi connectivity index (χ0n) is 14.5. The highest BCUT2D eigenvalue weighted by atomic mass is 32.2. The van der Waals surface area contributed by atoms with Gasteiger partial charge in [0, 0.05) is 0 Å². The molecule has 0 aromatic rings. The van der Waals surface area contributed by atoms with Crippen LogP contribution in [0.5, 0.6) is 0 Å². The molecule has 1 saturated heterocycles. The average Bonchev–Trinajstić information content (AvgIpc) is 2.86. The van der Waals surface area contributed by atoms with Crippen molar-refractivity contribution >= 4 is 40.8 Å². The molecular formula is C18H23NO3S2. The van der Waals surface area contributed by atoms with Gasteiger partial charge in [-0.1, -0.05) is 55.6 Å². The van der Waals surface area contributed by atoms with E-state index in [0.717, 1.165) is 23.3 Å². The Morgan fingerprint density at radius 2 is 2.08 bits per heavy atom. The monoisotopic (exact) mass is 365 g/mol. The summed E-state index contributed by atoms with van der Waals surface area (Å²) in [6, 6.07) is 0. The minimum absolute atomic E-state index is 0.146. The molecule has 0 aromatic carbocycles. The van der Waals surface area contributed by atoms with E-state index in [9.17, 15) is 9.59 Å². The molecule has 0 radical (unpaired) electrons. The number of thioether (sulfide) groups is 1. The van der Waals surface area contributed by atoms with Gasteiger partial charge in [-0.3, -0.25) is 9.69 Å². The van der Waals surface area contributed by atoms with Crippen molar-refractivity contribution in [2.75, 3.05) is 5.88 Å². The lowest BCUT2D eigenvalue weighted by Gasteiger charge is -2.33. The molecule has 1 fully saturated rings. The van der Waals surface area contributed by atoms with Gasteiger partial charge in [-0.05, 0) is 49.7 Å². The first kappa shape index (κ1) is 18.9. The number of aliphatic carboxylic acids is 1. The van der Waals surface area contributed by atoms with Crippen LogP contribution in [-0.2, 0) is 9.59 Å². The minimum Gasteiger partial charge on any atom is -0.476 e. The summed E-state index contributed by atoms with van der Waals surface area (Å²) in [4.78, 5) is 24.7. The van der Waals surface area contributed by atoms with Gasteiger partial charge in [0.05, 0.1) is 10.8 Å². The summed E-state index contributed by atoms with van der Waals surface area (Å²) in [6.07, 6.45) is 7.58. The highest BCUT2D eigenvalue weighted by molar-refractivity contribution is 8.04. The van der Waals surface area contributed by atoms with Crippen LogP contribution >= 0.6 is 24.0 Å². The molecule has 0 bridgehead atoms. The van der Waals surface area contributed by atoms with Gasteiger partial charge in [0.2, 0.25) is 0 Å². The lowest BCUT2D eigenvalue weighted by Crippen LogP contribution is -2.35. The molecule has 1 amide bonds. The third-order valence-electron chi connectivity index (χ3n) is 4.61. The summed E-state index contributed by atoms with van der Waals surface area (Å²) in [5.74, 6) is -1.29. The minimum atomic E-state index is -1.24. The van der Waals surface area contributed by atoms with E-state index in [1.165, 1.54) is 29.3 Å². The molecule has 1 N–H and O–H groups in total. The van der Waals surface area contributed by atoms with Crippen molar-refractivity contribution in [2.45, 2.75) is 47.0 Å². The average molecular weight is 366 g/mol. The predicted octanol–water partition coefficient (Wildman–Crippen LogP) is 4.29. The number of carbonyl (C=O) groups is 2. The van der Waals surface area contributed by atoms with E-state index in [2.05, 4.69) is 26.8 Å². The maximum Gasteiger partial charge on any atom is 0.364 e. The molecule has 2 rings (SSSR count). The van der Waals surface area contributed by atoms with Gasteiger partial charge in [-0.15, -0.1) is 0 Å². The summed E-state index contributed by atoms with van der Waals surface area (Å²) in [5.41, 5.74) is 3.73. The van der Waals surface area contributed by atoms with Crippen molar-refractivity contribution in [2.24, 2.45) is 5.41 Å². The fourth-order valence-corrected chi connectivity index (χ4v) is 4.48. The summed E-state index contributed by atoms with van der Waals surface area (Å²) >= 11 is 6.15. The standard InChI is InChI=1S/C18H23NO3S2/c1-11-6-5-9-18(3,4)13(11)8-7-12(2)14-15(20)19(10-24-14)16(23)17(21)22/h7-8H,5-6,9-10H2,1-4H3,(H,21,22). The third-order valence-corrected chi connectivity index (χ3v) is 6.17. The van der Waals surface area contributed by atoms with Crippen LogP contribution in [0.25, 0.3) is 0 Å². The van der Waals surface area contributed by atoms with E-state index < -0.39 is 5.97 Å². The van der Waals surface area contributed by atoms with Crippen LogP contribution in [0.1, 0.15) is 47.0 Å². The maximum atomic E-state index is 12.4. The fraction of sp³-hybridized carbons (Fsp3) is 0.500. The number of thiocarbonyl (C=S) groups is 1. The molecule has 1 aliphatic heterocycles. The van der Waals surface area contributed by atoms with Crippen LogP contribution in [0.2, 0.25) is 0 Å². The quantitative estimate of drug-likeness (QED) is 0.584. The molecule has 0 saturated carbocycles. The number of hydrogen-bond donors (Lipinski definition) is 1. The highest BCUT2D eigenvalue weighted by Crippen LogP contribution is 2.41. The normalized spacial score (nSPS) is 23.2. The van der Waals surface area contributed by atoms with E-state index in [1.807, 2.05) is 13.0 Å². The number of rotatable bonds is 2. The second-order valence-electron chi connectivity index (χ2n) is 6.89.